The highest BCUT2D eigenvalue weighted by molar-refractivity contribution is 7.10. The molecule has 0 unspecified atom stereocenters. The van der Waals surface area contributed by atoms with Crippen molar-refractivity contribution in [3.8, 4) is 0 Å². The van der Waals surface area contributed by atoms with Crippen molar-refractivity contribution in [1.29, 1.82) is 0 Å². The largest absolute Gasteiger partial charge is 0.354 e. The molecule has 0 aliphatic heterocycles. The molecule has 0 radical (unpaired) electrons. The first-order chi connectivity index (χ1) is 12.0. The summed E-state index contributed by atoms with van der Waals surface area (Å²) in [6.45, 7) is 6.32. The Kier molecular flexibility index (Phi) is 5.20. The van der Waals surface area contributed by atoms with E-state index in [1.54, 1.807) is 22.7 Å². The maximum Gasteiger partial charge on any atom is 0.271 e. The topological polar surface area (TPSA) is 53.2 Å². The van der Waals surface area contributed by atoms with Crippen molar-refractivity contribution >= 4 is 34.4 Å². The number of amides is 1. The SMILES string of the molecule is CC(=O)c1c(C)[nH]c(C(=O)N(Cc2cccs2)Cc2cccs2)c1C. The van der Waals surface area contributed by atoms with Crippen molar-refractivity contribution in [1.82, 2.24) is 9.88 Å². The molecule has 0 bridgehead atoms. The van der Waals surface area contributed by atoms with Gasteiger partial charge in [-0.2, -0.15) is 0 Å². The molecule has 0 aliphatic carbocycles. The van der Waals surface area contributed by atoms with Gasteiger partial charge < -0.3 is 9.88 Å². The maximum absolute atomic E-state index is 13.2. The molecule has 0 saturated heterocycles. The van der Waals surface area contributed by atoms with Gasteiger partial charge in [0.1, 0.15) is 5.69 Å². The fraction of sp³-hybridized carbons (Fsp3) is 0.263. The number of hydrogen-bond acceptors (Lipinski definition) is 4. The van der Waals surface area contributed by atoms with Gasteiger partial charge in [0.05, 0.1) is 13.1 Å². The van der Waals surface area contributed by atoms with Crippen molar-refractivity contribution in [3.63, 3.8) is 0 Å². The molecule has 1 amide bonds. The molecule has 25 heavy (non-hydrogen) atoms. The standard InChI is InChI=1S/C19H20N2O2S2/c1-12-17(14(3)22)13(2)20-18(12)19(23)21(10-15-6-4-8-24-15)11-16-7-5-9-25-16/h4-9,20H,10-11H2,1-3H3. The number of aromatic nitrogens is 1. The van der Waals surface area contributed by atoms with Crippen LogP contribution < -0.4 is 0 Å². The van der Waals surface area contributed by atoms with Gasteiger partial charge in [0.25, 0.3) is 5.91 Å². The summed E-state index contributed by atoms with van der Waals surface area (Å²) in [4.78, 5) is 32.3. The molecule has 3 heterocycles. The number of H-pyrrole nitrogens is 1. The van der Waals surface area contributed by atoms with Crippen molar-refractivity contribution in [2.75, 3.05) is 0 Å². The Hall–Kier alpha value is -2.18. The molecular weight excluding hydrogens is 352 g/mol. The Morgan fingerprint density at radius 2 is 1.60 bits per heavy atom. The van der Waals surface area contributed by atoms with Crippen LogP contribution >= 0.6 is 22.7 Å². The average molecular weight is 373 g/mol. The molecule has 130 valence electrons. The van der Waals surface area contributed by atoms with Crippen LogP contribution in [0.5, 0.6) is 0 Å². The van der Waals surface area contributed by atoms with Crippen LogP contribution in [0.25, 0.3) is 0 Å². The number of nitrogens with one attached hydrogen (secondary N) is 1. The second-order valence-corrected chi connectivity index (χ2v) is 8.07. The smallest absolute Gasteiger partial charge is 0.271 e. The predicted octanol–water partition coefficient (Wildman–Crippen LogP) is 4.80. The zero-order valence-electron chi connectivity index (χ0n) is 14.5. The Bertz CT molecular complexity index is 841. The summed E-state index contributed by atoms with van der Waals surface area (Å²) in [6, 6.07) is 8.05. The van der Waals surface area contributed by atoms with Gasteiger partial charge in [-0.05, 0) is 49.2 Å². The van der Waals surface area contributed by atoms with Gasteiger partial charge >= 0.3 is 0 Å². The van der Waals surface area contributed by atoms with E-state index in [9.17, 15) is 9.59 Å². The highest BCUT2D eigenvalue weighted by Crippen LogP contribution is 2.23. The Morgan fingerprint density at radius 1 is 1.04 bits per heavy atom. The quantitative estimate of drug-likeness (QED) is 0.632. The Morgan fingerprint density at radius 3 is 2.00 bits per heavy atom. The lowest BCUT2D eigenvalue weighted by molar-refractivity contribution is 0.0727. The molecule has 1 N–H and O–H groups in total. The summed E-state index contributed by atoms with van der Waals surface area (Å²) < 4.78 is 0. The minimum atomic E-state index is -0.0742. The van der Waals surface area contributed by atoms with Crippen molar-refractivity contribution in [2.24, 2.45) is 0 Å². The normalized spacial score (nSPS) is 10.8. The molecule has 3 aromatic heterocycles. The molecule has 0 fully saturated rings. The number of aryl methyl sites for hydroxylation is 1. The van der Waals surface area contributed by atoms with Crippen LogP contribution in [0.15, 0.2) is 35.0 Å². The van der Waals surface area contributed by atoms with Crippen LogP contribution in [-0.2, 0) is 13.1 Å². The number of carbonyl (C=O) groups excluding carboxylic acids is 2. The summed E-state index contributed by atoms with van der Waals surface area (Å²) in [6.07, 6.45) is 0. The molecule has 6 heteroatoms. The van der Waals surface area contributed by atoms with Crippen LogP contribution in [0.4, 0.5) is 0 Å². The number of nitrogens with zero attached hydrogens (tertiary/aromatic N) is 1. The third kappa shape index (κ3) is 3.75. The van der Waals surface area contributed by atoms with Gasteiger partial charge in [-0.15, -0.1) is 22.7 Å². The van der Waals surface area contributed by atoms with E-state index in [2.05, 4.69) is 4.98 Å². The number of Topliss-reactive ketones (excluding diaryl/α,β-unsaturated/α-hetero) is 1. The molecule has 4 nitrogen and oxygen atoms in total. The number of thiophene rings is 2. The monoisotopic (exact) mass is 372 g/mol. The fourth-order valence-electron chi connectivity index (χ4n) is 3.03. The molecule has 0 aliphatic rings. The van der Waals surface area contributed by atoms with Crippen LogP contribution in [0.1, 0.15) is 48.8 Å². The van der Waals surface area contributed by atoms with Crippen molar-refractivity contribution in [2.45, 2.75) is 33.9 Å². The highest BCUT2D eigenvalue weighted by Gasteiger charge is 2.24. The van der Waals surface area contributed by atoms with Crippen LogP contribution in [0.2, 0.25) is 0 Å². The molecule has 3 aromatic rings. The van der Waals surface area contributed by atoms with E-state index in [1.807, 2.05) is 53.8 Å². The first kappa shape index (κ1) is 17.6. The molecule has 0 spiro atoms. The lowest BCUT2D eigenvalue weighted by Crippen LogP contribution is -2.30. The third-order valence-corrected chi connectivity index (χ3v) is 5.87. The number of hydrogen-bond donors (Lipinski definition) is 1. The minimum absolute atomic E-state index is 0.0200. The zero-order chi connectivity index (χ0) is 18.0. The molecular formula is C19H20N2O2S2. The second kappa shape index (κ2) is 7.37. The number of carbonyl (C=O) groups is 2. The molecule has 0 aromatic carbocycles. The average Bonchev–Trinajstić information content (AvgIpc) is 3.28. The van der Waals surface area contributed by atoms with Gasteiger partial charge in [-0.1, -0.05) is 12.1 Å². The van der Waals surface area contributed by atoms with E-state index in [0.717, 1.165) is 21.0 Å². The predicted molar refractivity (Wildman–Crippen MR) is 102 cm³/mol. The van der Waals surface area contributed by atoms with Gasteiger partial charge in [-0.25, -0.2) is 0 Å². The van der Waals surface area contributed by atoms with Crippen molar-refractivity contribution in [3.05, 3.63) is 67.3 Å². The Balaban J connectivity index is 1.93. The van der Waals surface area contributed by atoms with Gasteiger partial charge in [-0.3, -0.25) is 9.59 Å². The second-order valence-electron chi connectivity index (χ2n) is 6.00. The van der Waals surface area contributed by atoms with Crippen molar-refractivity contribution < 1.29 is 9.59 Å². The minimum Gasteiger partial charge on any atom is -0.354 e. The van der Waals surface area contributed by atoms with E-state index < -0.39 is 0 Å². The summed E-state index contributed by atoms with van der Waals surface area (Å²) in [5.41, 5.74) is 2.62. The molecule has 0 atom stereocenters. The number of ketones is 1. The molecule has 3 rings (SSSR count). The summed E-state index contributed by atoms with van der Waals surface area (Å²) in [5, 5.41) is 4.03. The van der Waals surface area contributed by atoms with Crippen LogP contribution in [0, 0.1) is 13.8 Å². The lowest BCUT2D eigenvalue weighted by Gasteiger charge is -2.21. The van der Waals surface area contributed by atoms with E-state index in [4.69, 9.17) is 0 Å². The van der Waals surface area contributed by atoms with E-state index in [1.165, 1.54) is 6.92 Å². The fourth-order valence-corrected chi connectivity index (χ4v) is 4.47. The zero-order valence-corrected chi connectivity index (χ0v) is 16.1. The first-order valence-corrected chi connectivity index (χ1v) is 9.77. The number of rotatable bonds is 6. The maximum atomic E-state index is 13.2. The van der Waals surface area contributed by atoms with E-state index >= 15 is 0 Å². The van der Waals surface area contributed by atoms with E-state index in [0.29, 0.717) is 24.3 Å². The first-order valence-electron chi connectivity index (χ1n) is 8.01. The molecule has 0 saturated carbocycles. The lowest BCUT2D eigenvalue weighted by atomic mass is 10.1. The van der Waals surface area contributed by atoms with Gasteiger partial charge in [0, 0.05) is 21.0 Å². The summed E-state index contributed by atoms with van der Waals surface area (Å²) in [5.74, 6) is -0.0942. The number of aromatic amines is 1. The van der Waals surface area contributed by atoms with Crippen LogP contribution in [-0.4, -0.2) is 21.6 Å². The van der Waals surface area contributed by atoms with Gasteiger partial charge in [0.2, 0.25) is 0 Å². The summed E-state index contributed by atoms with van der Waals surface area (Å²) in [7, 11) is 0. The highest BCUT2D eigenvalue weighted by atomic mass is 32.1. The Labute approximate surface area is 155 Å². The van der Waals surface area contributed by atoms with Crippen LogP contribution in [0.3, 0.4) is 0 Å². The summed E-state index contributed by atoms with van der Waals surface area (Å²) >= 11 is 3.28. The third-order valence-electron chi connectivity index (χ3n) is 4.14. The van der Waals surface area contributed by atoms with E-state index in [-0.39, 0.29) is 11.7 Å². The van der Waals surface area contributed by atoms with Gasteiger partial charge in [0.15, 0.2) is 5.78 Å².